The minimum atomic E-state index is -0.297. The van der Waals surface area contributed by atoms with Crippen molar-refractivity contribution >= 4 is 17.5 Å². The molecule has 0 atom stereocenters. The number of anilines is 2. The number of para-hydroxylation sites is 1. The third kappa shape index (κ3) is 4.37. The summed E-state index contributed by atoms with van der Waals surface area (Å²) in [6.45, 7) is 0.843. The molecule has 0 aliphatic carbocycles. The fourth-order valence-electron chi connectivity index (χ4n) is 2.95. The maximum atomic E-state index is 12.4. The van der Waals surface area contributed by atoms with Gasteiger partial charge in [0.1, 0.15) is 11.6 Å². The largest absolute Gasteiger partial charge is 0.496 e. The Morgan fingerprint density at radius 3 is 2.66 bits per heavy atom. The van der Waals surface area contributed by atoms with E-state index in [-0.39, 0.29) is 12.7 Å². The molecule has 1 aliphatic heterocycles. The normalized spacial score (nSPS) is 11.8. The Bertz CT molecular complexity index is 1010. The van der Waals surface area contributed by atoms with E-state index in [1.54, 1.807) is 37.4 Å². The van der Waals surface area contributed by atoms with Crippen LogP contribution in [0.4, 0.5) is 11.6 Å². The number of amides is 1. The minimum Gasteiger partial charge on any atom is -0.496 e. The number of benzene rings is 2. The molecule has 148 valence electrons. The molecule has 0 fully saturated rings. The lowest BCUT2D eigenvalue weighted by Gasteiger charge is -2.09. The van der Waals surface area contributed by atoms with Crippen molar-refractivity contribution in [2.45, 2.75) is 6.42 Å². The van der Waals surface area contributed by atoms with Gasteiger partial charge in [0.15, 0.2) is 17.3 Å². The van der Waals surface area contributed by atoms with Gasteiger partial charge in [0.05, 0.1) is 7.11 Å². The van der Waals surface area contributed by atoms with Crippen LogP contribution in [-0.4, -0.2) is 36.6 Å². The van der Waals surface area contributed by atoms with Gasteiger partial charge in [-0.05, 0) is 48.4 Å². The van der Waals surface area contributed by atoms with Crippen LogP contribution in [0.5, 0.6) is 17.2 Å². The topological polar surface area (TPSA) is 94.6 Å². The number of aromatic nitrogens is 2. The zero-order valence-corrected chi connectivity index (χ0v) is 15.8. The lowest BCUT2D eigenvalue weighted by atomic mass is 10.1. The Kier molecular flexibility index (Phi) is 5.42. The van der Waals surface area contributed by atoms with E-state index in [0.717, 1.165) is 17.7 Å². The Morgan fingerprint density at radius 2 is 1.83 bits per heavy atom. The highest BCUT2D eigenvalue weighted by Gasteiger charge is 2.16. The molecule has 0 radical (unpaired) electrons. The first-order valence-corrected chi connectivity index (χ1v) is 9.13. The highest BCUT2D eigenvalue weighted by Crippen LogP contribution is 2.32. The molecule has 8 nitrogen and oxygen atoms in total. The van der Waals surface area contributed by atoms with E-state index in [2.05, 4.69) is 20.8 Å². The monoisotopic (exact) mass is 392 g/mol. The van der Waals surface area contributed by atoms with Crippen molar-refractivity contribution in [3.8, 4) is 17.2 Å². The van der Waals surface area contributed by atoms with Gasteiger partial charge >= 0.3 is 0 Å². The van der Waals surface area contributed by atoms with Crippen LogP contribution in [0.25, 0.3) is 0 Å². The smallest absolute Gasteiger partial charge is 0.257 e. The van der Waals surface area contributed by atoms with Crippen LogP contribution in [0, 0.1) is 0 Å². The van der Waals surface area contributed by atoms with E-state index in [4.69, 9.17) is 14.2 Å². The highest BCUT2D eigenvalue weighted by atomic mass is 16.7. The number of methoxy groups -OCH3 is 1. The SMILES string of the molecule is COc1ccccc1CCNc1ccc(NC(=O)c2ccc3c(c2)OCO3)nn1. The number of fused-ring (bicyclic) bond motifs is 1. The summed E-state index contributed by atoms with van der Waals surface area (Å²) in [6, 6.07) is 16.4. The molecule has 2 heterocycles. The van der Waals surface area contributed by atoms with Crippen molar-refractivity contribution in [1.29, 1.82) is 0 Å². The van der Waals surface area contributed by atoms with Crippen LogP contribution in [0.15, 0.2) is 54.6 Å². The first-order chi connectivity index (χ1) is 14.2. The molecule has 1 amide bonds. The van der Waals surface area contributed by atoms with Crippen LogP contribution in [0.3, 0.4) is 0 Å². The lowest BCUT2D eigenvalue weighted by Crippen LogP contribution is -2.14. The molecule has 1 aliphatic rings. The molecule has 1 aromatic heterocycles. The van der Waals surface area contributed by atoms with E-state index in [1.807, 2.05) is 24.3 Å². The van der Waals surface area contributed by atoms with Gasteiger partial charge < -0.3 is 24.8 Å². The average molecular weight is 392 g/mol. The summed E-state index contributed by atoms with van der Waals surface area (Å²) in [5.41, 5.74) is 1.57. The Morgan fingerprint density at radius 1 is 1.03 bits per heavy atom. The molecule has 29 heavy (non-hydrogen) atoms. The molecule has 0 unspecified atom stereocenters. The summed E-state index contributed by atoms with van der Waals surface area (Å²) < 4.78 is 15.9. The molecule has 2 N–H and O–H groups in total. The highest BCUT2D eigenvalue weighted by molar-refractivity contribution is 6.04. The summed E-state index contributed by atoms with van der Waals surface area (Å²) >= 11 is 0. The molecule has 3 aromatic rings. The predicted octanol–water partition coefficient (Wildman–Crippen LogP) is 3.12. The zero-order valence-electron chi connectivity index (χ0n) is 15.8. The second kappa shape index (κ2) is 8.47. The van der Waals surface area contributed by atoms with Crippen molar-refractivity contribution in [2.75, 3.05) is 31.1 Å². The number of hydrogen-bond donors (Lipinski definition) is 2. The molecule has 0 spiro atoms. The predicted molar refractivity (Wildman–Crippen MR) is 108 cm³/mol. The fraction of sp³-hybridized carbons (Fsp3) is 0.190. The van der Waals surface area contributed by atoms with E-state index in [0.29, 0.717) is 35.2 Å². The van der Waals surface area contributed by atoms with Crippen molar-refractivity contribution in [3.63, 3.8) is 0 Å². The Hall–Kier alpha value is -3.81. The maximum Gasteiger partial charge on any atom is 0.257 e. The van der Waals surface area contributed by atoms with Gasteiger partial charge in [-0.1, -0.05) is 18.2 Å². The number of ether oxygens (including phenoxy) is 3. The average Bonchev–Trinajstić information content (AvgIpc) is 3.23. The van der Waals surface area contributed by atoms with Gasteiger partial charge in [0.2, 0.25) is 6.79 Å². The summed E-state index contributed by atoms with van der Waals surface area (Å²) in [5.74, 6) is 2.74. The van der Waals surface area contributed by atoms with Crippen LogP contribution in [-0.2, 0) is 6.42 Å². The van der Waals surface area contributed by atoms with Gasteiger partial charge in [0, 0.05) is 12.1 Å². The molecule has 0 bridgehead atoms. The van der Waals surface area contributed by atoms with Crippen LogP contribution >= 0.6 is 0 Å². The summed E-state index contributed by atoms with van der Waals surface area (Å²) in [6.07, 6.45) is 0.786. The van der Waals surface area contributed by atoms with Crippen molar-refractivity contribution < 1.29 is 19.0 Å². The molecule has 0 saturated heterocycles. The molecule has 8 heteroatoms. The van der Waals surface area contributed by atoms with Crippen molar-refractivity contribution in [1.82, 2.24) is 10.2 Å². The van der Waals surface area contributed by atoms with Gasteiger partial charge in [0.25, 0.3) is 5.91 Å². The third-order valence-electron chi connectivity index (χ3n) is 4.43. The van der Waals surface area contributed by atoms with E-state index in [9.17, 15) is 4.79 Å². The molecular weight excluding hydrogens is 372 g/mol. The second-order valence-corrected chi connectivity index (χ2v) is 6.31. The van der Waals surface area contributed by atoms with Crippen LogP contribution < -0.4 is 24.8 Å². The fourth-order valence-corrected chi connectivity index (χ4v) is 2.95. The third-order valence-corrected chi connectivity index (χ3v) is 4.43. The Labute approximate surface area is 167 Å². The van der Waals surface area contributed by atoms with Gasteiger partial charge in [-0.25, -0.2) is 0 Å². The number of carbonyl (C=O) groups is 1. The van der Waals surface area contributed by atoms with E-state index >= 15 is 0 Å². The molecular formula is C21H20N4O4. The zero-order chi connectivity index (χ0) is 20.1. The van der Waals surface area contributed by atoms with Gasteiger partial charge in [-0.2, -0.15) is 0 Å². The standard InChI is InChI=1S/C21H20N4O4/c1-27-16-5-3-2-4-14(16)10-11-22-19-8-9-20(25-24-19)23-21(26)15-6-7-17-18(12-15)29-13-28-17/h2-9,12H,10-11,13H2,1H3,(H,22,24)(H,23,25,26). The van der Waals surface area contributed by atoms with Crippen molar-refractivity contribution in [3.05, 3.63) is 65.7 Å². The van der Waals surface area contributed by atoms with Crippen LogP contribution in [0.1, 0.15) is 15.9 Å². The van der Waals surface area contributed by atoms with Crippen molar-refractivity contribution in [2.24, 2.45) is 0 Å². The summed E-state index contributed by atoms with van der Waals surface area (Å²) in [4.78, 5) is 12.4. The molecule has 0 saturated carbocycles. The number of nitrogens with one attached hydrogen (secondary N) is 2. The van der Waals surface area contributed by atoms with Crippen LogP contribution in [0.2, 0.25) is 0 Å². The lowest BCUT2D eigenvalue weighted by molar-refractivity contribution is 0.102. The summed E-state index contributed by atoms with van der Waals surface area (Å²) in [5, 5.41) is 14.1. The minimum absolute atomic E-state index is 0.164. The summed E-state index contributed by atoms with van der Waals surface area (Å²) in [7, 11) is 1.66. The maximum absolute atomic E-state index is 12.4. The second-order valence-electron chi connectivity index (χ2n) is 6.31. The van der Waals surface area contributed by atoms with Gasteiger partial charge in [-0.15, -0.1) is 10.2 Å². The number of hydrogen-bond acceptors (Lipinski definition) is 7. The number of carbonyl (C=O) groups excluding carboxylic acids is 1. The Balaban J connectivity index is 1.31. The first kappa shape index (κ1) is 18.5. The van der Waals surface area contributed by atoms with Gasteiger partial charge in [-0.3, -0.25) is 4.79 Å². The molecule has 2 aromatic carbocycles. The quantitative estimate of drug-likeness (QED) is 0.638. The number of rotatable bonds is 7. The molecule has 4 rings (SSSR count). The van der Waals surface area contributed by atoms with E-state index < -0.39 is 0 Å². The van der Waals surface area contributed by atoms with E-state index in [1.165, 1.54) is 0 Å². The first-order valence-electron chi connectivity index (χ1n) is 9.13. The number of nitrogens with zero attached hydrogens (tertiary/aromatic N) is 2.